The van der Waals surface area contributed by atoms with Crippen molar-refractivity contribution in [1.82, 2.24) is 9.88 Å². The van der Waals surface area contributed by atoms with Crippen molar-refractivity contribution in [2.45, 2.75) is 51.1 Å². The van der Waals surface area contributed by atoms with Crippen molar-refractivity contribution in [2.75, 3.05) is 6.54 Å². The Kier molecular flexibility index (Phi) is 4.91. The number of carbonyl (C=O) groups is 1. The molecule has 1 aliphatic heterocycles. The highest BCUT2D eigenvalue weighted by Gasteiger charge is 2.28. The standard InChI is InChI=1S/C15H23N3O/c1-12(16)14-6-2-3-10-18(14)15(19)8-7-13-5-4-9-17-11-13/h4-5,9,11-12,14H,2-3,6-8,10,16H2,1H3. The molecule has 2 unspecified atom stereocenters. The molecule has 19 heavy (non-hydrogen) atoms. The first-order valence-corrected chi connectivity index (χ1v) is 7.12. The Morgan fingerprint density at radius 3 is 3.11 bits per heavy atom. The van der Waals surface area contributed by atoms with Crippen LogP contribution in [0.5, 0.6) is 0 Å². The summed E-state index contributed by atoms with van der Waals surface area (Å²) in [5.41, 5.74) is 7.11. The van der Waals surface area contributed by atoms with E-state index in [1.54, 1.807) is 6.20 Å². The van der Waals surface area contributed by atoms with Gasteiger partial charge in [-0.3, -0.25) is 9.78 Å². The molecule has 0 radical (unpaired) electrons. The van der Waals surface area contributed by atoms with Crippen LogP contribution in [0.1, 0.15) is 38.2 Å². The van der Waals surface area contributed by atoms with Gasteiger partial charge < -0.3 is 10.6 Å². The minimum atomic E-state index is 0.0580. The number of likely N-dealkylation sites (tertiary alicyclic amines) is 1. The smallest absolute Gasteiger partial charge is 0.223 e. The summed E-state index contributed by atoms with van der Waals surface area (Å²) >= 11 is 0. The molecule has 2 rings (SSSR count). The molecule has 1 fully saturated rings. The van der Waals surface area contributed by atoms with Crippen molar-refractivity contribution < 1.29 is 4.79 Å². The Morgan fingerprint density at radius 1 is 1.58 bits per heavy atom. The summed E-state index contributed by atoms with van der Waals surface area (Å²) in [6.07, 6.45) is 8.20. The Labute approximate surface area is 115 Å². The van der Waals surface area contributed by atoms with Gasteiger partial charge in [-0.25, -0.2) is 0 Å². The van der Waals surface area contributed by atoms with Gasteiger partial charge in [0.25, 0.3) is 0 Å². The highest BCUT2D eigenvalue weighted by Crippen LogP contribution is 2.20. The first-order valence-electron chi connectivity index (χ1n) is 7.12. The number of piperidine rings is 1. The first kappa shape index (κ1) is 14.0. The van der Waals surface area contributed by atoms with Gasteiger partial charge in [0.2, 0.25) is 5.91 Å². The van der Waals surface area contributed by atoms with Gasteiger partial charge in [-0.05, 0) is 44.2 Å². The van der Waals surface area contributed by atoms with Crippen LogP contribution >= 0.6 is 0 Å². The molecule has 0 saturated carbocycles. The summed E-state index contributed by atoms with van der Waals surface area (Å²) in [5.74, 6) is 0.228. The summed E-state index contributed by atoms with van der Waals surface area (Å²) in [6.45, 7) is 2.86. The van der Waals surface area contributed by atoms with Crippen LogP contribution in [-0.2, 0) is 11.2 Å². The largest absolute Gasteiger partial charge is 0.338 e. The van der Waals surface area contributed by atoms with Crippen LogP contribution in [0.2, 0.25) is 0 Å². The molecule has 0 aromatic carbocycles. The van der Waals surface area contributed by atoms with E-state index in [0.29, 0.717) is 6.42 Å². The number of nitrogens with two attached hydrogens (primary N) is 1. The number of pyridine rings is 1. The molecule has 2 heterocycles. The number of nitrogens with zero attached hydrogens (tertiary/aromatic N) is 2. The zero-order valence-electron chi connectivity index (χ0n) is 11.6. The zero-order valence-corrected chi connectivity index (χ0v) is 11.6. The van der Waals surface area contributed by atoms with Crippen LogP contribution in [0.25, 0.3) is 0 Å². The van der Waals surface area contributed by atoms with Crippen LogP contribution in [-0.4, -0.2) is 34.4 Å². The lowest BCUT2D eigenvalue weighted by atomic mass is 9.96. The van der Waals surface area contributed by atoms with E-state index in [1.165, 1.54) is 6.42 Å². The van der Waals surface area contributed by atoms with Gasteiger partial charge in [-0.1, -0.05) is 6.07 Å². The van der Waals surface area contributed by atoms with E-state index < -0.39 is 0 Å². The predicted octanol–water partition coefficient (Wildman–Crippen LogP) is 1.74. The Bertz CT molecular complexity index is 405. The van der Waals surface area contributed by atoms with E-state index in [1.807, 2.05) is 30.2 Å². The second kappa shape index (κ2) is 6.66. The quantitative estimate of drug-likeness (QED) is 0.898. The summed E-state index contributed by atoms with van der Waals surface area (Å²) in [5, 5.41) is 0. The fraction of sp³-hybridized carbons (Fsp3) is 0.600. The molecule has 2 atom stereocenters. The molecule has 4 heteroatoms. The normalized spacial score (nSPS) is 21.2. The summed E-state index contributed by atoms with van der Waals surface area (Å²) in [6, 6.07) is 4.20. The molecule has 1 aromatic heterocycles. The molecular formula is C15H23N3O. The molecule has 2 N–H and O–H groups in total. The van der Waals surface area contributed by atoms with Gasteiger partial charge in [0.1, 0.15) is 0 Å². The Balaban J connectivity index is 1.91. The number of rotatable bonds is 4. The third-order valence-electron chi connectivity index (χ3n) is 3.83. The summed E-state index contributed by atoms with van der Waals surface area (Å²) in [4.78, 5) is 18.4. The van der Waals surface area contributed by atoms with Crippen molar-refractivity contribution in [3.05, 3.63) is 30.1 Å². The molecular weight excluding hydrogens is 238 g/mol. The second-order valence-electron chi connectivity index (χ2n) is 5.37. The van der Waals surface area contributed by atoms with Gasteiger partial charge in [-0.15, -0.1) is 0 Å². The van der Waals surface area contributed by atoms with E-state index >= 15 is 0 Å². The maximum absolute atomic E-state index is 12.3. The van der Waals surface area contributed by atoms with Crippen molar-refractivity contribution in [3.8, 4) is 0 Å². The molecule has 0 spiro atoms. The predicted molar refractivity (Wildman–Crippen MR) is 75.6 cm³/mol. The maximum Gasteiger partial charge on any atom is 0.223 e. The number of aromatic nitrogens is 1. The highest BCUT2D eigenvalue weighted by atomic mass is 16.2. The Hall–Kier alpha value is -1.42. The van der Waals surface area contributed by atoms with Crippen molar-refractivity contribution in [3.63, 3.8) is 0 Å². The Morgan fingerprint density at radius 2 is 2.42 bits per heavy atom. The van der Waals surface area contributed by atoms with Crippen LogP contribution in [0.3, 0.4) is 0 Å². The molecule has 0 bridgehead atoms. The number of hydrogen-bond donors (Lipinski definition) is 1. The van der Waals surface area contributed by atoms with E-state index in [9.17, 15) is 4.79 Å². The lowest BCUT2D eigenvalue weighted by molar-refractivity contribution is -0.135. The average molecular weight is 261 g/mol. The topological polar surface area (TPSA) is 59.2 Å². The SMILES string of the molecule is CC(N)C1CCCCN1C(=O)CCc1cccnc1. The number of hydrogen-bond acceptors (Lipinski definition) is 3. The van der Waals surface area contributed by atoms with E-state index in [-0.39, 0.29) is 18.0 Å². The number of aryl methyl sites for hydroxylation is 1. The van der Waals surface area contributed by atoms with Gasteiger partial charge in [0.05, 0.1) is 0 Å². The van der Waals surface area contributed by atoms with E-state index in [2.05, 4.69) is 4.98 Å². The second-order valence-corrected chi connectivity index (χ2v) is 5.37. The van der Waals surface area contributed by atoms with Gasteiger partial charge >= 0.3 is 0 Å². The van der Waals surface area contributed by atoms with Crippen LogP contribution in [0, 0.1) is 0 Å². The average Bonchev–Trinajstić information content (AvgIpc) is 2.46. The minimum Gasteiger partial charge on any atom is -0.338 e. The zero-order chi connectivity index (χ0) is 13.7. The molecule has 1 aliphatic rings. The van der Waals surface area contributed by atoms with Crippen LogP contribution in [0.15, 0.2) is 24.5 Å². The molecule has 1 saturated heterocycles. The lowest BCUT2D eigenvalue weighted by Gasteiger charge is -2.38. The fourth-order valence-electron chi connectivity index (χ4n) is 2.75. The maximum atomic E-state index is 12.3. The lowest BCUT2D eigenvalue weighted by Crippen LogP contribution is -2.51. The molecule has 1 amide bonds. The molecule has 1 aromatic rings. The third-order valence-corrected chi connectivity index (χ3v) is 3.83. The van der Waals surface area contributed by atoms with Crippen molar-refractivity contribution >= 4 is 5.91 Å². The van der Waals surface area contributed by atoms with Gasteiger partial charge in [0, 0.05) is 37.4 Å². The van der Waals surface area contributed by atoms with Crippen molar-refractivity contribution in [1.29, 1.82) is 0 Å². The van der Waals surface area contributed by atoms with E-state index in [0.717, 1.165) is 31.4 Å². The summed E-state index contributed by atoms with van der Waals surface area (Å²) < 4.78 is 0. The minimum absolute atomic E-state index is 0.0580. The van der Waals surface area contributed by atoms with Gasteiger partial charge in [0.15, 0.2) is 0 Å². The third kappa shape index (κ3) is 3.77. The highest BCUT2D eigenvalue weighted by molar-refractivity contribution is 5.77. The molecule has 4 nitrogen and oxygen atoms in total. The van der Waals surface area contributed by atoms with Crippen LogP contribution < -0.4 is 5.73 Å². The number of amides is 1. The molecule has 104 valence electrons. The first-order chi connectivity index (χ1) is 9.18. The van der Waals surface area contributed by atoms with Crippen LogP contribution in [0.4, 0.5) is 0 Å². The monoisotopic (exact) mass is 261 g/mol. The van der Waals surface area contributed by atoms with E-state index in [4.69, 9.17) is 5.73 Å². The summed E-state index contributed by atoms with van der Waals surface area (Å²) in [7, 11) is 0. The van der Waals surface area contributed by atoms with Gasteiger partial charge in [-0.2, -0.15) is 0 Å². The number of carbonyl (C=O) groups excluding carboxylic acids is 1. The molecule has 0 aliphatic carbocycles. The van der Waals surface area contributed by atoms with Crippen molar-refractivity contribution in [2.24, 2.45) is 5.73 Å². The fourth-order valence-corrected chi connectivity index (χ4v) is 2.75.